The van der Waals surface area contributed by atoms with Crippen LogP contribution in [-0.4, -0.2) is 53.4 Å². The van der Waals surface area contributed by atoms with E-state index in [1.165, 1.54) is 0 Å². The lowest BCUT2D eigenvalue weighted by atomic mass is 10.1. The van der Waals surface area contributed by atoms with E-state index >= 15 is 0 Å². The smallest absolute Gasteiger partial charge is 0.254 e. The van der Waals surface area contributed by atoms with E-state index in [1.54, 1.807) is 24.1 Å². The first-order valence-electron chi connectivity index (χ1n) is 7.78. The normalized spacial score (nSPS) is 17.1. The van der Waals surface area contributed by atoms with Crippen molar-refractivity contribution in [1.82, 2.24) is 20.0 Å². The fraction of sp³-hybridized carbons (Fsp3) is 0.500. The highest BCUT2D eigenvalue weighted by Gasteiger charge is 2.26. The molecule has 0 spiro atoms. The van der Waals surface area contributed by atoms with Gasteiger partial charge in [0.1, 0.15) is 11.5 Å². The summed E-state index contributed by atoms with van der Waals surface area (Å²) in [5.74, 6) is 1.62. The Bertz CT molecular complexity index is 658. The van der Waals surface area contributed by atoms with Gasteiger partial charge in [0.25, 0.3) is 5.91 Å². The standard InChI is InChI=1S/C16H22N4O3/c1-12-3-4-15(23-12)14(20-5-7-22-8-6-20)10-17-16(21)13-9-18-19(2)11-13/h3-4,9,11,14H,5-8,10H2,1-2H3,(H,17,21). The minimum Gasteiger partial charge on any atom is -0.465 e. The summed E-state index contributed by atoms with van der Waals surface area (Å²) < 4.78 is 12.8. The molecule has 124 valence electrons. The van der Waals surface area contributed by atoms with Crippen molar-refractivity contribution in [2.75, 3.05) is 32.8 Å². The number of ether oxygens (including phenoxy) is 1. The summed E-state index contributed by atoms with van der Waals surface area (Å²) in [5, 5.41) is 7.01. The summed E-state index contributed by atoms with van der Waals surface area (Å²) in [4.78, 5) is 14.5. The number of nitrogens with zero attached hydrogens (tertiary/aromatic N) is 3. The third kappa shape index (κ3) is 3.80. The monoisotopic (exact) mass is 318 g/mol. The van der Waals surface area contributed by atoms with Crippen LogP contribution in [0.2, 0.25) is 0 Å². The molecule has 1 aliphatic heterocycles. The molecular formula is C16H22N4O3. The summed E-state index contributed by atoms with van der Waals surface area (Å²) in [6.45, 7) is 5.47. The molecule has 7 heteroatoms. The molecule has 1 amide bonds. The van der Waals surface area contributed by atoms with Gasteiger partial charge in [-0.25, -0.2) is 0 Å². The lowest BCUT2D eigenvalue weighted by Gasteiger charge is -2.33. The second-order valence-electron chi connectivity index (χ2n) is 5.73. The van der Waals surface area contributed by atoms with Gasteiger partial charge in [-0.2, -0.15) is 5.10 Å². The van der Waals surface area contributed by atoms with Crippen molar-refractivity contribution < 1.29 is 13.9 Å². The van der Waals surface area contributed by atoms with Crippen molar-refractivity contribution in [3.8, 4) is 0 Å². The van der Waals surface area contributed by atoms with Gasteiger partial charge in [-0.1, -0.05) is 0 Å². The van der Waals surface area contributed by atoms with Crippen LogP contribution in [0.3, 0.4) is 0 Å². The average molecular weight is 318 g/mol. The van der Waals surface area contributed by atoms with Crippen LogP contribution in [-0.2, 0) is 11.8 Å². The maximum Gasteiger partial charge on any atom is 0.254 e. The first-order valence-corrected chi connectivity index (χ1v) is 7.78. The predicted molar refractivity (Wildman–Crippen MR) is 84.1 cm³/mol. The number of hydrogen-bond donors (Lipinski definition) is 1. The number of morpholine rings is 1. The van der Waals surface area contributed by atoms with Crippen LogP contribution >= 0.6 is 0 Å². The molecule has 1 atom stereocenters. The molecule has 1 unspecified atom stereocenters. The number of aromatic nitrogens is 2. The molecule has 1 N–H and O–H groups in total. The Labute approximate surface area is 135 Å². The second kappa shape index (κ2) is 6.97. The van der Waals surface area contributed by atoms with Gasteiger partial charge in [0.15, 0.2) is 0 Å². The molecule has 0 radical (unpaired) electrons. The van der Waals surface area contributed by atoms with Crippen molar-refractivity contribution in [2.45, 2.75) is 13.0 Å². The van der Waals surface area contributed by atoms with E-state index in [9.17, 15) is 4.79 Å². The van der Waals surface area contributed by atoms with E-state index in [2.05, 4.69) is 15.3 Å². The number of carbonyl (C=O) groups is 1. The number of carbonyl (C=O) groups excluding carboxylic acids is 1. The summed E-state index contributed by atoms with van der Waals surface area (Å²) in [7, 11) is 1.79. The van der Waals surface area contributed by atoms with Gasteiger partial charge < -0.3 is 14.5 Å². The molecule has 23 heavy (non-hydrogen) atoms. The highest BCUT2D eigenvalue weighted by Crippen LogP contribution is 2.23. The molecule has 0 saturated carbocycles. The number of nitrogens with one attached hydrogen (secondary N) is 1. The lowest BCUT2D eigenvalue weighted by Crippen LogP contribution is -2.43. The van der Waals surface area contributed by atoms with Gasteiger partial charge >= 0.3 is 0 Å². The molecule has 1 saturated heterocycles. The zero-order valence-electron chi connectivity index (χ0n) is 13.5. The molecule has 3 heterocycles. The Balaban J connectivity index is 1.69. The molecular weight excluding hydrogens is 296 g/mol. The van der Waals surface area contributed by atoms with Gasteiger partial charge in [0, 0.05) is 32.9 Å². The highest BCUT2D eigenvalue weighted by atomic mass is 16.5. The van der Waals surface area contributed by atoms with E-state index in [0.717, 1.165) is 24.6 Å². The van der Waals surface area contributed by atoms with E-state index in [4.69, 9.17) is 9.15 Å². The van der Waals surface area contributed by atoms with Crippen LogP contribution in [0, 0.1) is 6.92 Å². The van der Waals surface area contributed by atoms with Crippen molar-refractivity contribution in [1.29, 1.82) is 0 Å². The summed E-state index contributed by atoms with van der Waals surface area (Å²) in [6.07, 6.45) is 3.27. The summed E-state index contributed by atoms with van der Waals surface area (Å²) in [5.41, 5.74) is 0.559. The van der Waals surface area contributed by atoms with Crippen LogP contribution in [0.25, 0.3) is 0 Å². The number of hydrogen-bond acceptors (Lipinski definition) is 5. The zero-order chi connectivity index (χ0) is 16.2. The van der Waals surface area contributed by atoms with E-state index < -0.39 is 0 Å². The number of amides is 1. The molecule has 1 fully saturated rings. The van der Waals surface area contributed by atoms with Crippen molar-refractivity contribution >= 4 is 5.91 Å². The Hall–Kier alpha value is -2.12. The van der Waals surface area contributed by atoms with Gasteiger partial charge in [-0.05, 0) is 19.1 Å². The van der Waals surface area contributed by atoms with Gasteiger partial charge in [-0.3, -0.25) is 14.4 Å². The molecule has 3 rings (SSSR count). The van der Waals surface area contributed by atoms with Crippen LogP contribution in [0.5, 0.6) is 0 Å². The van der Waals surface area contributed by atoms with E-state index in [1.807, 2.05) is 19.1 Å². The number of furan rings is 1. The fourth-order valence-corrected chi connectivity index (χ4v) is 2.76. The summed E-state index contributed by atoms with van der Waals surface area (Å²) >= 11 is 0. The molecule has 1 aliphatic rings. The number of rotatable bonds is 5. The van der Waals surface area contributed by atoms with Gasteiger partial charge in [0.2, 0.25) is 0 Å². The zero-order valence-corrected chi connectivity index (χ0v) is 13.5. The molecule has 2 aromatic heterocycles. The molecule has 2 aromatic rings. The van der Waals surface area contributed by atoms with Crippen molar-refractivity contribution in [2.24, 2.45) is 7.05 Å². The summed E-state index contributed by atoms with van der Waals surface area (Å²) in [6, 6.07) is 3.94. The third-order valence-electron chi connectivity index (χ3n) is 4.00. The SMILES string of the molecule is Cc1ccc(C(CNC(=O)c2cnn(C)c2)N2CCOCC2)o1. The predicted octanol–water partition coefficient (Wildman–Crippen LogP) is 1.12. The molecule has 0 aromatic carbocycles. The Morgan fingerprint density at radius 1 is 1.39 bits per heavy atom. The largest absolute Gasteiger partial charge is 0.465 e. The Morgan fingerprint density at radius 3 is 2.78 bits per heavy atom. The molecule has 0 aliphatic carbocycles. The van der Waals surface area contributed by atoms with E-state index in [0.29, 0.717) is 25.3 Å². The third-order valence-corrected chi connectivity index (χ3v) is 4.00. The van der Waals surface area contributed by atoms with Crippen molar-refractivity contribution in [3.05, 3.63) is 41.6 Å². The second-order valence-corrected chi connectivity index (χ2v) is 5.73. The Kier molecular flexibility index (Phi) is 4.78. The highest BCUT2D eigenvalue weighted by molar-refractivity contribution is 5.93. The van der Waals surface area contributed by atoms with Crippen LogP contribution in [0.4, 0.5) is 0 Å². The average Bonchev–Trinajstić information content (AvgIpc) is 3.17. The Morgan fingerprint density at radius 2 is 2.17 bits per heavy atom. The fourth-order valence-electron chi connectivity index (χ4n) is 2.76. The minimum absolute atomic E-state index is 0.00761. The maximum atomic E-state index is 12.2. The minimum atomic E-state index is -0.125. The quantitative estimate of drug-likeness (QED) is 0.894. The number of aryl methyl sites for hydroxylation is 2. The van der Waals surface area contributed by atoms with Crippen LogP contribution in [0.15, 0.2) is 28.9 Å². The molecule has 7 nitrogen and oxygen atoms in total. The lowest BCUT2D eigenvalue weighted by molar-refractivity contribution is 0.0117. The van der Waals surface area contributed by atoms with Crippen LogP contribution in [0.1, 0.15) is 27.9 Å². The topological polar surface area (TPSA) is 72.5 Å². The van der Waals surface area contributed by atoms with Gasteiger partial charge in [0.05, 0.1) is 31.0 Å². The molecule has 0 bridgehead atoms. The maximum absolute atomic E-state index is 12.2. The van der Waals surface area contributed by atoms with Gasteiger partial charge in [-0.15, -0.1) is 0 Å². The van der Waals surface area contributed by atoms with Crippen LogP contribution < -0.4 is 5.32 Å². The van der Waals surface area contributed by atoms with Crippen molar-refractivity contribution in [3.63, 3.8) is 0 Å². The van der Waals surface area contributed by atoms with E-state index in [-0.39, 0.29) is 11.9 Å². The first kappa shape index (κ1) is 15.8. The first-order chi connectivity index (χ1) is 11.1.